The van der Waals surface area contributed by atoms with Crippen LogP contribution in [0.2, 0.25) is 0 Å². The molecule has 1 atom stereocenters. The van der Waals surface area contributed by atoms with E-state index in [2.05, 4.69) is 10.6 Å². The summed E-state index contributed by atoms with van der Waals surface area (Å²) < 4.78 is 0. The van der Waals surface area contributed by atoms with Gasteiger partial charge >= 0.3 is 12.0 Å². The number of hydrogen-bond acceptors (Lipinski definition) is 3. The molecule has 1 fully saturated rings. The third-order valence-corrected chi connectivity index (χ3v) is 3.19. The summed E-state index contributed by atoms with van der Waals surface area (Å²) in [5.74, 6) is -1.02. The monoisotopic (exact) mass is 299 g/mol. The molecular weight excluding hydrogens is 274 g/mol. The molecule has 0 aromatic rings. The van der Waals surface area contributed by atoms with Gasteiger partial charge in [-0.15, -0.1) is 0 Å². The summed E-state index contributed by atoms with van der Waals surface area (Å²) in [7, 11) is 0. The highest BCUT2D eigenvalue weighted by Crippen LogP contribution is 2.19. The zero-order valence-electron chi connectivity index (χ0n) is 12.9. The Morgan fingerprint density at radius 1 is 1.29 bits per heavy atom. The first-order valence-electron chi connectivity index (χ1n) is 7.26. The van der Waals surface area contributed by atoms with Gasteiger partial charge in [0.2, 0.25) is 5.91 Å². The Kier molecular flexibility index (Phi) is 5.99. The lowest BCUT2D eigenvalue weighted by atomic mass is 10.1. The van der Waals surface area contributed by atoms with E-state index >= 15 is 0 Å². The summed E-state index contributed by atoms with van der Waals surface area (Å²) in [6, 6.07) is -0.534. The highest BCUT2D eigenvalue weighted by atomic mass is 16.4. The summed E-state index contributed by atoms with van der Waals surface area (Å²) in [5.41, 5.74) is -0.289. The molecule has 21 heavy (non-hydrogen) atoms. The highest BCUT2D eigenvalue weighted by molar-refractivity contribution is 5.79. The van der Waals surface area contributed by atoms with E-state index < -0.39 is 5.97 Å². The Bertz CT molecular complexity index is 404. The average Bonchev–Trinajstić information content (AvgIpc) is 2.73. The van der Waals surface area contributed by atoms with Crippen LogP contribution >= 0.6 is 0 Å². The summed E-state index contributed by atoms with van der Waals surface area (Å²) in [6.07, 6.45) is 1.71. The first kappa shape index (κ1) is 17.3. The minimum Gasteiger partial charge on any atom is -0.481 e. The number of carboxylic acid groups (broad SMARTS) is 1. The molecule has 0 saturated carbocycles. The van der Waals surface area contributed by atoms with Crippen molar-refractivity contribution in [2.45, 2.75) is 58.0 Å². The van der Waals surface area contributed by atoms with E-state index in [1.54, 1.807) is 4.90 Å². The fourth-order valence-corrected chi connectivity index (χ4v) is 2.38. The van der Waals surface area contributed by atoms with Crippen molar-refractivity contribution in [3.8, 4) is 0 Å². The van der Waals surface area contributed by atoms with Gasteiger partial charge in [0.15, 0.2) is 0 Å². The number of likely N-dealkylation sites (tertiary alicyclic amines) is 1. The summed E-state index contributed by atoms with van der Waals surface area (Å²) >= 11 is 0. The molecule has 0 aliphatic carbocycles. The lowest BCUT2D eigenvalue weighted by Gasteiger charge is -2.24. The number of aliphatic carboxylic acids is 1. The largest absolute Gasteiger partial charge is 0.481 e. The summed E-state index contributed by atoms with van der Waals surface area (Å²) in [6.45, 7) is 6.49. The quantitative estimate of drug-likeness (QED) is 0.703. The average molecular weight is 299 g/mol. The Balaban J connectivity index is 2.33. The first-order valence-corrected chi connectivity index (χ1v) is 7.26. The van der Waals surface area contributed by atoms with Crippen LogP contribution in [0.3, 0.4) is 0 Å². The lowest BCUT2D eigenvalue weighted by molar-refractivity contribution is -0.138. The predicted octanol–water partition coefficient (Wildman–Crippen LogP) is 0.940. The van der Waals surface area contributed by atoms with Crippen LogP contribution in [0.5, 0.6) is 0 Å². The number of urea groups is 1. The van der Waals surface area contributed by atoms with Crippen LogP contribution < -0.4 is 10.6 Å². The van der Waals surface area contributed by atoms with Crippen LogP contribution in [-0.4, -0.2) is 52.6 Å². The number of carbonyl (C=O) groups is 3. The second-order valence-corrected chi connectivity index (χ2v) is 6.37. The molecule has 1 heterocycles. The van der Waals surface area contributed by atoms with Crippen molar-refractivity contribution >= 4 is 17.9 Å². The normalized spacial score (nSPS) is 18.4. The van der Waals surface area contributed by atoms with Gasteiger partial charge in [0.25, 0.3) is 0 Å². The molecule has 0 spiro atoms. The van der Waals surface area contributed by atoms with Gasteiger partial charge in [-0.25, -0.2) is 4.79 Å². The molecule has 1 saturated heterocycles. The van der Waals surface area contributed by atoms with E-state index in [4.69, 9.17) is 5.11 Å². The Labute approximate surface area is 125 Å². The summed E-state index contributed by atoms with van der Waals surface area (Å²) in [5, 5.41) is 14.3. The van der Waals surface area contributed by atoms with Gasteiger partial charge < -0.3 is 20.6 Å². The van der Waals surface area contributed by atoms with Crippen molar-refractivity contribution in [2.75, 3.05) is 13.1 Å². The van der Waals surface area contributed by atoms with Crippen molar-refractivity contribution in [1.82, 2.24) is 15.5 Å². The van der Waals surface area contributed by atoms with Crippen LogP contribution in [0.25, 0.3) is 0 Å². The van der Waals surface area contributed by atoms with Gasteiger partial charge in [-0.3, -0.25) is 9.59 Å². The second-order valence-electron chi connectivity index (χ2n) is 6.37. The maximum Gasteiger partial charge on any atom is 0.317 e. The van der Waals surface area contributed by atoms with Crippen molar-refractivity contribution in [3.05, 3.63) is 0 Å². The van der Waals surface area contributed by atoms with Gasteiger partial charge in [0, 0.05) is 31.1 Å². The zero-order valence-corrected chi connectivity index (χ0v) is 12.9. The number of hydrogen-bond donors (Lipinski definition) is 3. The molecular formula is C14H25N3O4. The van der Waals surface area contributed by atoms with E-state index in [-0.39, 0.29) is 42.9 Å². The number of nitrogens with one attached hydrogen (secondary N) is 2. The van der Waals surface area contributed by atoms with Crippen LogP contribution in [0.1, 0.15) is 46.5 Å². The molecule has 1 rings (SSSR count). The van der Waals surface area contributed by atoms with E-state index in [1.165, 1.54) is 0 Å². The predicted molar refractivity (Wildman–Crippen MR) is 77.9 cm³/mol. The number of nitrogens with zero attached hydrogens (tertiary/aromatic N) is 1. The number of amides is 3. The number of carboxylic acids is 1. The second kappa shape index (κ2) is 7.28. The van der Waals surface area contributed by atoms with Crippen molar-refractivity contribution < 1.29 is 19.5 Å². The third-order valence-electron chi connectivity index (χ3n) is 3.19. The standard InChI is InChI=1S/C14H25N3O4/c1-14(2,3)16-11(18)6-7-15-13(21)17-8-4-5-10(17)9-12(19)20/h10H,4-9H2,1-3H3,(H,15,21)(H,16,18)(H,19,20). The fourth-order valence-electron chi connectivity index (χ4n) is 2.38. The Morgan fingerprint density at radius 2 is 1.95 bits per heavy atom. The minimum atomic E-state index is -0.899. The molecule has 1 aliphatic heterocycles. The summed E-state index contributed by atoms with van der Waals surface area (Å²) in [4.78, 5) is 35.9. The Hall–Kier alpha value is -1.79. The zero-order chi connectivity index (χ0) is 16.0. The van der Waals surface area contributed by atoms with Crippen LogP contribution in [-0.2, 0) is 9.59 Å². The Morgan fingerprint density at radius 3 is 2.52 bits per heavy atom. The van der Waals surface area contributed by atoms with Crippen LogP contribution in [0, 0.1) is 0 Å². The van der Waals surface area contributed by atoms with Gasteiger partial charge in [0.1, 0.15) is 0 Å². The van der Waals surface area contributed by atoms with E-state index in [0.29, 0.717) is 13.0 Å². The third kappa shape index (κ3) is 6.46. The molecule has 0 radical (unpaired) electrons. The maximum absolute atomic E-state index is 12.0. The number of carbonyl (C=O) groups excluding carboxylic acids is 2. The smallest absolute Gasteiger partial charge is 0.317 e. The fraction of sp³-hybridized carbons (Fsp3) is 0.786. The first-order chi connectivity index (χ1) is 9.69. The lowest BCUT2D eigenvalue weighted by Crippen LogP contribution is -2.45. The minimum absolute atomic E-state index is 0.0298. The van der Waals surface area contributed by atoms with E-state index in [9.17, 15) is 14.4 Å². The molecule has 7 nitrogen and oxygen atoms in total. The van der Waals surface area contributed by atoms with Gasteiger partial charge in [-0.2, -0.15) is 0 Å². The maximum atomic E-state index is 12.0. The van der Waals surface area contributed by atoms with E-state index in [1.807, 2.05) is 20.8 Å². The SMILES string of the molecule is CC(C)(C)NC(=O)CCNC(=O)N1CCCC1CC(=O)O. The van der Waals surface area contributed by atoms with Crippen molar-refractivity contribution in [2.24, 2.45) is 0 Å². The van der Waals surface area contributed by atoms with Crippen molar-refractivity contribution in [1.29, 1.82) is 0 Å². The van der Waals surface area contributed by atoms with E-state index in [0.717, 1.165) is 6.42 Å². The molecule has 3 amide bonds. The molecule has 3 N–H and O–H groups in total. The molecule has 1 unspecified atom stereocenters. The topological polar surface area (TPSA) is 98.7 Å². The van der Waals surface area contributed by atoms with Crippen LogP contribution in [0.15, 0.2) is 0 Å². The molecule has 0 aromatic heterocycles. The van der Waals surface area contributed by atoms with Gasteiger partial charge in [0.05, 0.1) is 6.42 Å². The highest BCUT2D eigenvalue weighted by Gasteiger charge is 2.30. The molecule has 120 valence electrons. The molecule has 1 aliphatic rings. The number of rotatable bonds is 5. The molecule has 7 heteroatoms. The van der Waals surface area contributed by atoms with Crippen molar-refractivity contribution in [3.63, 3.8) is 0 Å². The van der Waals surface area contributed by atoms with Gasteiger partial charge in [-0.05, 0) is 33.6 Å². The molecule has 0 bridgehead atoms. The molecule has 0 aromatic carbocycles. The van der Waals surface area contributed by atoms with Crippen LogP contribution in [0.4, 0.5) is 4.79 Å². The van der Waals surface area contributed by atoms with Gasteiger partial charge in [-0.1, -0.05) is 0 Å².